The van der Waals surface area contributed by atoms with Crippen molar-refractivity contribution in [1.29, 1.82) is 0 Å². The number of rotatable bonds is 6. The molecule has 8 nitrogen and oxygen atoms in total. The van der Waals surface area contributed by atoms with E-state index < -0.39 is 35.6 Å². The molecule has 0 aliphatic carbocycles. The topological polar surface area (TPSA) is 108 Å². The molecule has 0 aromatic heterocycles. The van der Waals surface area contributed by atoms with Gasteiger partial charge in [0.15, 0.2) is 0 Å². The third-order valence-corrected chi connectivity index (χ3v) is 4.72. The first-order valence-corrected chi connectivity index (χ1v) is 10.3. The highest BCUT2D eigenvalue weighted by Crippen LogP contribution is 2.30. The van der Waals surface area contributed by atoms with E-state index in [0.717, 1.165) is 5.56 Å². The van der Waals surface area contributed by atoms with Crippen molar-refractivity contribution in [2.24, 2.45) is 0 Å². The van der Waals surface area contributed by atoms with Crippen molar-refractivity contribution in [3.8, 4) is 5.75 Å². The van der Waals surface area contributed by atoms with Gasteiger partial charge >= 0.3 is 6.09 Å². The Hall–Kier alpha value is -3.55. The molecule has 32 heavy (non-hydrogen) atoms. The smallest absolute Gasteiger partial charge is 0.408 e. The summed E-state index contributed by atoms with van der Waals surface area (Å²) in [6.45, 7) is 8.51. The van der Waals surface area contributed by atoms with Crippen molar-refractivity contribution in [1.82, 2.24) is 10.2 Å². The number of hydrogen-bond donors (Lipinski definition) is 3. The molecule has 0 saturated carbocycles. The van der Waals surface area contributed by atoms with Crippen molar-refractivity contribution >= 4 is 23.6 Å². The molecule has 0 aliphatic heterocycles. The molecule has 0 bridgehead atoms. The van der Waals surface area contributed by atoms with E-state index in [0.29, 0.717) is 5.69 Å². The van der Waals surface area contributed by atoms with Gasteiger partial charge in [0.2, 0.25) is 5.91 Å². The summed E-state index contributed by atoms with van der Waals surface area (Å²) in [7, 11) is 1.45. The number of nitrogens with one attached hydrogen (secondary N) is 2. The van der Waals surface area contributed by atoms with E-state index in [1.807, 2.05) is 19.1 Å². The minimum absolute atomic E-state index is 0.121. The first-order valence-electron chi connectivity index (χ1n) is 10.3. The maximum atomic E-state index is 13.3. The SMILES string of the molecule is Cc1ccccc1NC(=O)C(c1ccccc1O)N(C)C(=O)C(C)NC(=O)OC(C)(C)C. The summed E-state index contributed by atoms with van der Waals surface area (Å²) in [4.78, 5) is 39.6. The van der Waals surface area contributed by atoms with Gasteiger partial charge in [-0.25, -0.2) is 4.79 Å². The van der Waals surface area contributed by atoms with Crippen LogP contribution in [0.25, 0.3) is 0 Å². The number of ether oxygens (including phenoxy) is 1. The Morgan fingerprint density at radius 2 is 1.62 bits per heavy atom. The Balaban J connectivity index is 2.30. The van der Waals surface area contributed by atoms with Crippen LogP contribution in [-0.2, 0) is 14.3 Å². The van der Waals surface area contributed by atoms with Crippen LogP contribution in [0.4, 0.5) is 10.5 Å². The summed E-state index contributed by atoms with van der Waals surface area (Å²) in [5.74, 6) is -1.14. The Bertz CT molecular complexity index is 984. The van der Waals surface area contributed by atoms with Gasteiger partial charge in [0.05, 0.1) is 0 Å². The van der Waals surface area contributed by atoms with Crippen LogP contribution in [-0.4, -0.2) is 46.6 Å². The molecule has 2 atom stereocenters. The van der Waals surface area contributed by atoms with Gasteiger partial charge in [0.25, 0.3) is 5.91 Å². The average molecular weight is 442 g/mol. The largest absolute Gasteiger partial charge is 0.508 e. The standard InChI is InChI=1S/C24H31N3O5/c1-15-11-7-9-13-18(15)26-21(29)20(17-12-8-10-14-19(17)28)27(6)22(30)16(2)25-23(31)32-24(3,4)5/h7-14,16,20,28H,1-6H3,(H,25,31)(H,26,29). The van der Waals surface area contributed by atoms with Crippen LogP contribution in [0.15, 0.2) is 48.5 Å². The normalized spacial score (nSPS) is 12.9. The molecule has 8 heteroatoms. The summed E-state index contributed by atoms with van der Waals surface area (Å²) >= 11 is 0. The van der Waals surface area contributed by atoms with Gasteiger partial charge < -0.3 is 25.4 Å². The predicted molar refractivity (Wildman–Crippen MR) is 122 cm³/mol. The molecule has 0 heterocycles. The third kappa shape index (κ3) is 6.47. The molecule has 3 amide bonds. The van der Waals surface area contributed by atoms with E-state index in [-0.39, 0.29) is 11.3 Å². The van der Waals surface area contributed by atoms with Crippen LogP contribution in [0.2, 0.25) is 0 Å². The third-order valence-electron chi connectivity index (χ3n) is 4.72. The molecule has 2 aromatic rings. The number of phenolic OH excluding ortho intramolecular Hbond substituents is 1. The first kappa shape index (κ1) is 24.7. The summed E-state index contributed by atoms with van der Waals surface area (Å²) in [6, 6.07) is 11.5. The fraction of sp³-hybridized carbons (Fsp3) is 0.375. The zero-order chi connectivity index (χ0) is 24.1. The number of benzene rings is 2. The Kier molecular flexibility index (Phi) is 7.86. The van der Waals surface area contributed by atoms with Crippen molar-refractivity contribution in [3.63, 3.8) is 0 Å². The number of aromatic hydroxyl groups is 1. The lowest BCUT2D eigenvalue weighted by Gasteiger charge is -2.31. The zero-order valence-electron chi connectivity index (χ0n) is 19.3. The lowest BCUT2D eigenvalue weighted by molar-refractivity contribution is -0.138. The fourth-order valence-corrected chi connectivity index (χ4v) is 3.14. The van der Waals surface area contributed by atoms with E-state index in [2.05, 4.69) is 10.6 Å². The van der Waals surface area contributed by atoms with Crippen LogP contribution in [0.3, 0.4) is 0 Å². The second-order valence-electron chi connectivity index (χ2n) is 8.58. The van der Waals surface area contributed by atoms with E-state index in [4.69, 9.17) is 4.74 Å². The highest BCUT2D eigenvalue weighted by Gasteiger charge is 2.33. The first-order chi connectivity index (χ1) is 14.9. The molecule has 2 aromatic carbocycles. The molecule has 0 saturated heterocycles. The minimum Gasteiger partial charge on any atom is -0.508 e. The van der Waals surface area contributed by atoms with Gasteiger partial charge in [-0.3, -0.25) is 9.59 Å². The number of phenols is 1. The Morgan fingerprint density at radius 1 is 1.03 bits per heavy atom. The number of alkyl carbamates (subject to hydrolysis) is 1. The fourth-order valence-electron chi connectivity index (χ4n) is 3.14. The molecule has 2 rings (SSSR count). The summed E-state index contributed by atoms with van der Waals surface area (Å²) < 4.78 is 5.20. The number of hydrogen-bond acceptors (Lipinski definition) is 5. The number of likely N-dealkylation sites (N-methyl/N-ethyl adjacent to an activating group) is 1. The van der Waals surface area contributed by atoms with Crippen molar-refractivity contribution in [2.75, 3.05) is 12.4 Å². The van der Waals surface area contributed by atoms with Gasteiger partial charge in [-0.1, -0.05) is 36.4 Å². The monoisotopic (exact) mass is 441 g/mol. The number of para-hydroxylation sites is 2. The van der Waals surface area contributed by atoms with Gasteiger partial charge in [-0.2, -0.15) is 0 Å². The summed E-state index contributed by atoms with van der Waals surface area (Å²) in [6.07, 6.45) is -0.741. The molecular formula is C24H31N3O5. The number of anilines is 1. The van der Waals surface area contributed by atoms with Crippen LogP contribution >= 0.6 is 0 Å². The highest BCUT2D eigenvalue weighted by molar-refractivity contribution is 5.99. The second-order valence-corrected chi connectivity index (χ2v) is 8.58. The van der Waals surface area contributed by atoms with Gasteiger partial charge in [-0.15, -0.1) is 0 Å². The molecule has 0 aliphatic rings. The van der Waals surface area contributed by atoms with Crippen molar-refractivity contribution in [2.45, 2.75) is 52.3 Å². The zero-order valence-corrected chi connectivity index (χ0v) is 19.3. The van der Waals surface area contributed by atoms with Crippen LogP contribution < -0.4 is 10.6 Å². The molecule has 0 radical (unpaired) electrons. The molecular weight excluding hydrogens is 410 g/mol. The predicted octanol–water partition coefficient (Wildman–Crippen LogP) is 3.75. The van der Waals surface area contributed by atoms with Gasteiger partial charge in [0.1, 0.15) is 23.4 Å². The number of amides is 3. The van der Waals surface area contributed by atoms with E-state index in [1.165, 1.54) is 24.9 Å². The van der Waals surface area contributed by atoms with Crippen LogP contribution in [0.5, 0.6) is 5.75 Å². The molecule has 3 N–H and O–H groups in total. The van der Waals surface area contributed by atoms with E-state index >= 15 is 0 Å². The lowest BCUT2D eigenvalue weighted by Crippen LogP contribution is -2.49. The van der Waals surface area contributed by atoms with Crippen molar-refractivity contribution in [3.05, 3.63) is 59.7 Å². The molecule has 0 fully saturated rings. The van der Waals surface area contributed by atoms with Crippen LogP contribution in [0.1, 0.15) is 44.9 Å². The quantitative estimate of drug-likeness (QED) is 0.633. The van der Waals surface area contributed by atoms with Crippen LogP contribution in [0, 0.1) is 6.92 Å². The second kappa shape index (κ2) is 10.2. The molecule has 2 unspecified atom stereocenters. The van der Waals surface area contributed by atoms with Gasteiger partial charge in [0, 0.05) is 18.3 Å². The van der Waals surface area contributed by atoms with Crippen molar-refractivity contribution < 1.29 is 24.2 Å². The minimum atomic E-state index is -1.13. The molecule has 0 spiro atoms. The van der Waals surface area contributed by atoms with Gasteiger partial charge in [-0.05, 0) is 52.3 Å². The van der Waals surface area contributed by atoms with E-state index in [1.54, 1.807) is 51.1 Å². The summed E-state index contributed by atoms with van der Waals surface area (Å²) in [5, 5.41) is 15.7. The number of aryl methyl sites for hydroxylation is 1. The summed E-state index contributed by atoms with van der Waals surface area (Å²) in [5.41, 5.74) is 0.994. The highest BCUT2D eigenvalue weighted by atomic mass is 16.6. The number of carbonyl (C=O) groups excluding carboxylic acids is 3. The van der Waals surface area contributed by atoms with E-state index in [9.17, 15) is 19.5 Å². The average Bonchev–Trinajstić information content (AvgIpc) is 2.69. The maximum absolute atomic E-state index is 13.3. The molecule has 172 valence electrons. The Labute approximate surface area is 188 Å². The number of nitrogens with zero attached hydrogens (tertiary/aromatic N) is 1. The number of carbonyl (C=O) groups is 3. The Morgan fingerprint density at radius 3 is 2.22 bits per heavy atom. The maximum Gasteiger partial charge on any atom is 0.408 e. The lowest BCUT2D eigenvalue weighted by atomic mass is 10.0.